The number of aromatic carboxylic acids is 1. The van der Waals surface area contributed by atoms with E-state index in [-0.39, 0.29) is 28.9 Å². The zero-order chi connectivity index (χ0) is 22.2. The van der Waals surface area contributed by atoms with E-state index in [1.54, 1.807) is 19.2 Å². The number of sulfonamides is 1. The number of aromatic nitrogens is 1. The van der Waals surface area contributed by atoms with Crippen LogP contribution in [0.2, 0.25) is 0 Å². The molecule has 1 aliphatic rings. The van der Waals surface area contributed by atoms with Gasteiger partial charge in [-0.2, -0.15) is 4.31 Å². The summed E-state index contributed by atoms with van der Waals surface area (Å²) in [6.07, 6.45) is 0. The first-order valence-electron chi connectivity index (χ1n) is 9.72. The van der Waals surface area contributed by atoms with Crippen molar-refractivity contribution in [2.24, 2.45) is 0 Å². The minimum atomic E-state index is -3.75. The Labute approximate surface area is 180 Å². The molecular weight excluding hydrogens is 420 g/mol. The van der Waals surface area contributed by atoms with Gasteiger partial charge in [-0.25, -0.2) is 18.2 Å². The van der Waals surface area contributed by atoms with E-state index in [4.69, 9.17) is 9.47 Å². The van der Waals surface area contributed by atoms with Crippen molar-refractivity contribution in [2.75, 3.05) is 33.4 Å². The largest absolute Gasteiger partial charge is 0.496 e. The van der Waals surface area contributed by atoms with Crippen molar-refractivity contribution in [1.29, 1.82) is 0 Å². The fourth-order valence-corrected chi connectivity index (χ4v) is 5.10. The van der Waals surface area contributed by atoms with E-state index in [1.165, 1.54) is 22.5 Å². The number of rotatable bonds is 5. The molecule has 8 nitrogen and oxygen atoms in total. The maximum absolute atomic E-state index is 13.0. The molecule has 2 heterocycles. The molecule has 0 bridgehead atoms. The normalized spacial score (nSPS) is 15.2. The third kappa shape index (κ3) is 3.99. The van der Waals surface area contributed by atoms with Crippen LogP contribution in [0.5, 0.6) is 5.75 Å². The van der Waals surface area contributed by atoms with E-state index >= 15 is 0 Å². The Morgan fingerprint density at radius 2 is 1.87 bits per heavy atom. The van der Waals surface area contributed by atoms with E-state index in [2.05, 4.69) is 4.98 Å². The van der Waals surface area contributed by atoms with Gasteiger partial charge in [0, 0.05) is 24.0 Å². The Morgan fingerprint density at radius 3 is 2.52 bits per heavy atom. The molecule has 1 aromatic heterocycles. The summed E-state index contributed by atoms with van der Waals surface area (Å²) in [6.45, 7) is 3.09. The number of hydrogen-bond donors (Lipinski definition) is 1. The van der Waals surface area contributed by atoms with Crippen LogP contribution in [-0.4, -0.2) is 62.2 Å². The highest BCUT2D eigenvalue weighted by Crippen LogP contribution is 2.30. The topological polar surface area (TPSA) is 106 Å². The van der Waals surface area contributed by atoms with Crippen LogP contribution in [0.3, 0.4) is 0 Å². The maximum Gasteiger partial charge on any atom is 0.336 e. The molecule has 0 saturated carbocycles. The average Bonchev–Trinajstić information content (AvgIpc) is 2.78. The molecule has 1 fully saturated rings. The van der Waals surface area contributed by atoms with Crippen molar-refractivity contribution in [3.8, 4) is 17.0 Å². The number of carboxylic acids is 1. The number of carbonyl (C=O) groups is 1. The number of pyridine rings is 1. The van der Waals surface area contributed by atoms with Gasteiger partial charge >= 0.3 is 5.97 Å². The lowest BCUT2D eigenvalue weighted by Crippen LogP contribution is -2.40. The van der Waals surface area contributed by atoms with Gasteiger partial charge in [0.2, 0.25) is 10.0 Å². The third-order valence-electron chi connectivity index (χ3n) is 5.31. The Morgan fingerprint density at radius 1 is 1.13 bits per heavy atom. The second kappa shape index (κ2) is 8.26. The molecule has 2 aromatic carbocycles. The number of morpholine rings is 1. The second-order valence-electron chi connectivity index (χ2n) is 7.24. The second-order valence-corrected chi connectivity index (χ2v) is 9.18. The average molecular weight is 442 g/mol. The molecule has 1 aliphatic heterocycles. The zero-order valence-corrected chi connectivity index (χ0v) is 18.0. The van der Waals surface area contributed by atoms with Crippen molar-refractivity contribution in [3.63, 3.8) is 0 Å². The van der Waals surface area contributed by atoms with Crippen molar-refractivity contribution in [2.45, 2.75) is 11.8 Å². The molecule has 3 aromatic rings. The van der Waals surface area contributed by atoms with E-state index in [0.29, 0.717) is 24.4 Å². The summed E-state index contributed by atoms with van der Waals surface area (Å²) in [7, 11) is -2.17. The molecule has 1 saturated heterocycles. The first-order chi connectivity index (χ1) is 14.8. The quantitative estimate of drug-likeness (QED) is 0.647. The van der Waals surface area contributed by atoms with Crippen LogP contribution in [0.25, 0.3) is 22.2 Å². The van der Waals surface area contributed by atoms with Gasteiger partial charge in [-0.05, 0) is 55.0 Å². The van der Waals surface area contributed by atoms with Gasteiger partial charge in [-0.15, -0.1) is 0 Å². The standard InChI is InChI=1S/C22H22N2O6S/c1-14-11-15(3-6-21(14)29-2)20-13-18(22(25)26)17-12-16(4-5-19(17)23-20)31(27,28)24-7-9-30-10-8-24/h3-6,11-13H,7-10H2,1-2H3,(H,25,26). The molecule has 0 atom stereocenters. The first kappa shape index (κ1) is 21.2. The highest BCUT2D eigenvalue weighted by molar-refractivity contribution is 7.89. The summed E-state index contributed by atoms with van der Waals surface area (Å²) in [4.78, 5) is 16.6. The predicted octanol–water partition coefficient (Wildman–Crippen LogP) is 2.94. The van der Waals surface area contributed by atoms with Gasteiger partial charge in [0.25, 0.3) is 0 Å². The van der Waals surface area contributed by atoms with E-state index < -0.39 is 16.0 Å². The Balaban J connectivity index is 1.83. The molecule has 0 radical (unpaired) electrons. The van der Waals surface area contributed by atoms with Crippen molar-refractivity contribution in [3.05, 3.63) is 53.6 Å². The summed E-state index contributed by atoms with van der Waals surface area (Å²) < 4.78 is 37.8. The van der Waals surface area contributed by atoms with Crippen molar-refractivity contribution in [1.82, 2.24) is 9.29 Å². The zero-order valence-electron chi connectivity index (χ0n) is 17.2. The van der Waals surface area contributed by atoms with Crippen LogP contribution in [0.1, 0.15) is 15.9 Å². The molecular formula is C22H22N2O6S. The highest BCUT2D eigenvalue weighted by atomic mass is 32.2. The van der Waals surface area contributed by atoms with Gasteiger partial charge in [-0.1, -0.05) is 0 Å². The van der Waals surface area contributed by atoms with Crippen LogP contribution < -0.4 is 4.74 Å². The van der Waals surface area contributed by atoms with Crippen LogP contribution in [0.15, 0.2) is 47.4 Å². The van der Waals surface area contributed by atoms with Crippen molar-refractivity contribution < 1.29 is 27.8 Å². The smallest absolute Gasteiger partial charge is 0.336 e. The molecule has 4 rings (SSSR count). The molecule has 0 spiro atoms. The van der Waals surface area contributed by atoms with E-state index in [1.807, 2.05) is 19.1 Å². The van der Waals surface area contributed by atoms with Gasteiger partial charge in [0.15, 0.2) is 0 Å². The minimum absolute atomic E-state index is 0.00695. The lowest BCUT2D eigenvalue weighted by molar-refractivity contribution is 0.0699. The SMILES string of the molecule is COc1ccc(-c2cc(C(=O)O)c3cc(S(=O)(=O)N4CCOCC4)ccc3n2)cc1C. The summed E-state index contributed by atoms with van der Waals surface area (Å²) in [5, 5.41) is 10.1. The predicted molar refractivity (Wildman–Crippen MR) is 115 cm³/mol. The van der Waals surface area contributed by atoms with Crippen LogP contribution in [0, 0.1) is 6.92 Å². The Hall–Kier alpha value is -3.01. The van der Waals surface area contributed by atoms with Gasteiger partial charge < -0.3 is 14.6 Å². The molecule has 1 N–H and O–H groups in total. The van der Waals surface area contributed by atoms with Crippen LogP contribution >= 0.6 is 0 Å². The summed E-state index contributed by atoms with van der Waals surface area (Å²) in [5.41, 5.74) is 2.52. The fourth-order valence-electron chi connectivity index (χ4n) is 3.66. The lowest BCUT2D eigenvalue weighted by atomic mass is 10.0. The number of methoxy groups -OCH3 is 1. The molecule has 0 aliphatic carbocycles. The number of fused-ring (bicyclic) bond motifs is 1. The lowest BCUT2D eigenvalue weighted by Gasteiger charge is -2.26. The Bertz CT molecular complexity index is 1270. The molecule has 0 amide bonds. The van der Waals surface area contributed by atoms with Gasteiger partial charge in [0.05, 0.1) is 42.0 Å². The summed E-state index contributed by atoms with van der Waals surface area (Å²) in [6, 6.07) is 11.4. The van der Waals surface area contributed by atoms with Gasteiger partial charge in [-0.3, -0.25) is 0 Å². The summed E-state index contributed by atoms with van der Waals surface area (Å²) >= 11 is 0. The molecule has 162 valence electrons. The van der Waals surface area contributed by atoms with E-state index in [9.17, 15) is 18.3 Å². The van der Waals surface area contributed by atoms with Crippen LogP contribution in [0.4, 0.5) is 0 Å². The number of aryl methyl sites for hydroxylation is 1. The van der Waals surface area contributed by atoms with E-state index in [0.717, 1.165) is 16.9 Å². The summed E-state index contributed by atoms with van der Waals surface area (Å²) in [5.74, 6) is -0.430. The van der Waals surface area contributed by atoms with Gasteiger partial charge in [0.1, 0.15) is 5.75 Å². The molecule has 0 unspecified atom stereocenters. The number of ether oxygens (including phenoxy) is 2. The number of benzene rings is 2. The third-order valence-corrected chi connectivity index (χ3v) is 7.20. The Kier molecular flexibility index (Phi) is 5.65. The monoisotopic (exact) mass is 442 g/mol. The fraction of sp³-hybridized carbons (Fsp3) is 0.273. The number of hydrogen-bond acceptors (Lipinski definition) is 6. The van der Waals surface area contributed by atoms with Crippen LogP contribution in [-0.2, 0) is 14.8 Å². The molecule has 9 heteroatoms. The van der Waals surface area contributed by atoms with Crippen molar-refractivity contribution >= 4 is 26.9 Å². The maximum atomic E-state index is 13.0. The molecule has 31 heavy (non-hydrogen) atoms. The first-order valence-corrected chi connectivity index (χ1v) is 11.2. The number of nitrogens with zero attached hydrogens (tertiary/aromatic N) is 2. The highest BCUT2D eigenvalue weighted by Gasteiger charge is 2.27. The minimum Gasteiger partial charge on any atom is -0.496 e. The number of carboxylic acid groups (broad SMARTS) is 1.